The van der Waals surface area contributed by atoms with Crippen molar-refractivity contribution in [2.75, 3.05) is 46.7 Å². The Morgan fingerprint density at radius 2 is 1.65 bits per heavy atom. The molecule has 0 aliphatic carbocycles. The van der Waals surface area contributed by atoms with Gasteiger partial charge in [0.25, 0.3) is 11.8 Å². The van der Waals surface area contributed by atoms with E-state index in [1.165, 1.54) is 43.0 Å². The van der Waals surface area contributed by atoms with E-state index in [0.29, 0.717) is 55.3 Å². The molecule has 19 heteroatoms. The Bertz CT molecular complexity index is 2260. The summed E-state index contributed by atoms with van der Waals surface area (Å²) in [6.07, 6.45) is -2.33. The summed E-state index contributed by atoms with van der Waals surface area (Å²) in [7, 11) is 0. The number of anilines is 4. The Morgan fingerprint density at radius 1 is 0.983 bits per heavy atom. The van der Waals surface area contributed by atoms with Crippen molar-refractivity contribution in [2.45, 2.75) is 76.6 Å². The van der Waals surface area contributed by atoms with E-state index in [-0.39, 0.29) is 59.5 Å². The van der Waals surface area contributed by atoms with Crippen molar-refractivity contribution in [1.29, 1.82) is 5.26 Å². The minimum Gasteiger partial charge on any atom is -0.493 e. The van der Waals surface area contributed by atoms with Crippen molar-refractivity contribution in [3.63, 3.8) is 0 Å². The first-order valence-corrected chi connectivity index (χ1v) is 19.8. The Hall–Kier alpha value is -5.38. The second kappa shape index (κ2) is 17.3. The summed E-state index contributed by atoms with van der Waals surface area (Å²) in [6.45, 7) is 5.13. The summed E-state index contributed by atoms with van der Waals surface area (Å²) in [5.74, 6) is -5.00. The molecule has 3 N–H and O–H groups in total. The fourth-order valence-electron chi connectivity index (χ4n) is 7.54. The number of nitrogens with one attached hydrogen (secondary N) is 3. The summed E-state index contributed by atoms with van der Waals surface area (Å²) in [4.78, 5) is 54.4. The third-order valence-electron chi connectivity index (χ3n) is 10.7. The van der Waals surface area contributed by atoms with Crippen molar-refractivity contribution in [1.82, 2.24) is 10.2 Å². The van der Waals surface area contributed by atoms with E-state index in [9.17, 15) is 37.6 Å². The van der Waals surface area contributed by atoms with E-state index in [1.807, 2.05) is 4.90 Å². The van der Waals surface area contributed by atoms with Crippen molar-refractivity contribution >= 4 is 75.3 Å². The molecule has 3 saturated heterocycles. The van der Waals surface area contributed by atoms with Gasteiger partial charge < -0.3 is 20.3 Å². The predicted molar refractivity (Wildman–Crippen MR) is 218 cm³/mol. The molecule has 3 heterocycles. The first kappa shape index (κ1) is 44.2. The fourth-order valence-corrected chi connectivity index (χ4v) is 8.29. The predicted octanol–water partition coefficient (Wildman–Crippen LogP) is 7.60. The molecule has 0 spiro atoms. The number of rotatable bonds is 12. The van der Waals surface area contributed by atoms with Gasteiger partial charge in [0.05, 0.1) is 41.6 Å². The van der Waals surface area contributed by atoms with Crippen molar-refractivity contribution in [2.24, 2.45) is 5.92 Å². The molecule has 0 radical (unpaired) electrons. The van der Waals surface area contributed by atoms with Gasteiger partial charge in [-0.2, -0.15) is 18.4 Å². The number of thiocarbonyl (C=S) groups is 1. The largest absolute Gasteiger partial charge is 0.493 e. The van der Waals surface area contributed by atoms with Gasteiger partial charge in [0.2, 0.25) is 17.7 Å². The van der Waals surface area contributed by atoms with Crippen LogP contribution in [0.15, 0.2) is 54.6 Å². The zero-order valence-electron chi connectivity index (χ0n) is 32.7. The number of ether oxygens (including phenoxy) is 1. The molecule has 60 heavy (non-hydrogen) atoms. The SMILES string of the molecule is CC(F)(F)c1cc(N2C(=S)N(c3ccc(C#N)c(C(F)(F)F)c3)C(=O)C2(C)C)ccc1OCCC1CCN(CC(=O)Nc2cc(Cl)cc(NC3CCC(=O)NC3=O)c2)CC1. The van der Waals surface area contributed by atoms with Crippen LogP contribution in [0.3, 0.4) is 0 Å². The maximum Gasteiger partial charge on any atom is 0.417 e. The van der Waals surface area contributed by atoms with Gasteiger partial charge in [0.15, 0.2) is 5.11 Å². The van der Waals surface area contributed by atoms with E-state index in [2.05, 4.69) is 16.0 Å². The molecule has 0 bridgehead atoms. The monoisotopic (exact) mass is 873 g/mol. The molecule has 3 aromatic rings. The normalized spacial score (nSPS) is 19.0. The van der Waals surface area contributed by atoms with E-state index in [0.717, 1.165) is 29.9 Å². The van der Waals surface area contributed by atoms with Gasteiger partial charge in [-0.1, -0.05) is 11.6 Å². The number of nitriles is 1. The fraction of sp³-hybridized carbons (Fsp3) is 0.415. The first-order chi connectivity index (χ1) is 28.1. The summed E-state index contributed by atoms with van der Waals surface area (Å²) in [6, 6.07) is 12.5. The average molecular weight is 874 g/mol. The number of halogens is 6. The third kappa shape index (κ3) is 9.80. The quantitative estimate of drug-likeness (QED) is 0.0945. The lowest BCUT2D eigenvalue weighted by atomic mass is 9.94. The third-order valence-corrected chi connectivity index (χ3v) is 11.3. The van der Waals surface area contributed by atoms with Crippen LogP contribution in [0.2, 0.25) is 5.02 Å². The maximum absolute atomic E-state index is 15.1. The van der Waals surface area contributed by atoms with Gasteiger partial charge >= 0.3 is 6.18 Å². The molecular weight excluding hydrogens is 833 g/mol. The Morgan fingerprint density at radius 3 is 2.30 bits per heavy atom. The zero-order chi connectivity index (χ0) is 43.7. The lowest BCUT2D eigenvalue weighted by Crippen LogP contribution is -2.47. The number of benzene rings is 3. The Balaban J connectivity index is 1.04. The van der Waals surface area contributed by atoms with Crippen LogP contribution >= 0.6 is 23.8 Å². The van der Waals surface area contributed by atoms with Crippen LogP contribution in [0, 0.1) is 17.2 Å². The van der Waals surface area contributed by atoms with Crippen LogP contribution in [0.4, 0.5) is 44.7 Å². The van der Waals surface area contributed by atoms with Gasteiger partial charge in [-0.05, 0) is 125 Å². The van der Waals surface area contributed by atoms with Crippen LogP contribution in [-0.4, -0.2) is 71.5 Å². The van der Waals surface area contributed by atoms with Crippen LogP contribution < -0.4 is 30.5 Å². The number of alkyl halides is 5. The molecule has 6 rings (SSSR count). The van der Waals surface area contributed by atoms with E-state index < -0.39 is 52.2 Å². The number of nitrogens with zero attached hydrogens (tertiary/aromatic N) is 4. The van der Waals surface area contributed by atoms with Crippen molar-refractivity contribution < 1.29 is 45.9 Å². The molecule has 0 saturated carbocycles. The van der Waals surface area contributed by atoms with Crippen molar-refractivity contribution in [3.8, 4) is 11.8 Å². The number of carbonyl (C=O) groups is 4. The molecule has 1 unspecified atom stereocenters. The number of piperidine rings is 2. The van der Waals surface area contributed by atoms with Crippen molar-refractivity contribution in [3.05, 3.63) is 76.3 Å². The summed E-state index contributed by atoms with van der Waals surface area (Å²) in [5, 5.41) is 17.5. The molecule has 4 amide bonds. The highest BCUT2D eigenvalue weighted by atomic mass is 35.5. The molecule has 318 valence electrons. The van der Waals surface area contributed by atoms with Gasteiger partial charge in [0, 0.05) is 35.4 Å². The van der Waals surface area contributed by atoms with Gasteiger partial charge in [-0.15, -0.1) is 0 Å². The number of likely N-dealkylation sites (tertiary alicyclic amines) is 1. The topological polar surface area (TPSA) is 147 Å². The average Bonchev–Trinajstić information content (AvgIpc) is 3.34. The second-order valence-corrected chi connectivity index (χ2v) is 16.3. The zero-order valence-corrected chi connectivity index (χ0v) is 34.3. The highest BCUT2D eigenvalue weighted by Crippen LogP contribution is 2.43. The molecule has 3 aliphatic heterocycles. The molecule has 12 nitrogen and oxygen atoms in total. The Labute approximate surface area is 352 Å². The Kier molecular flexibility index (Phi) is 12.7. The lowest BCUT2D eigenvalue weighted by molar-refractivity contribution is -0.138. The van der Waals surface area contributed by atoms with E-state index in [1.54, 1.807) is 18.2 Å². The number of carbonyl (C=O) groups excluding carboxylic acids is 4. The standard InChI is InChI=1S/C41H41ClF5N7O5S/c1-39(2)37(58)53(28-5-4-24(21-48)30(19-28)41(45,46)47)38(60)54(39)29-6-8-33(31(20-29)40(3,43)44)59-15-12-23-10-13-52(14-11-23)22-35(56)50-27-17-25(42)16-26(18-27)49-32-7-9-34(55)51-36(32)57/h4-6,8,16-20,23,32,49H,7,9-15,22H2,1-3H3,(H,50,56)(H,51,55,57). The van der Waals surface area contributed by atoms with E-state index >= 15 is 8.78 Å². The number of imide groups is 1. The smallest absolute Gasteiger partial charge is 0.417 e. The summed E-state index contributed by atoms with van der Waals surface area (Å²) < 4.78 is 77.5. The minimum atomic E-state index is -4.89. The lowest BCUT2D eigenvalue weighted by Gasteiger charge is -2.32. The molecule has 1 atom stereocenters. The molecule has 3 aromatic carbocycles. The molecule has 3 fully saturated rings. The first-order valence-electron chi connectivity index (χ1n) is 19.0. The maximum atomic E-state index is 15.1. The second-order valence-electron chi connectivity index (χ2n) is 15.5. The van der Waals surface area contributed by atoms with Gasteiger partial charge in [-0.25, -0.2) is 8.78 Å². The summed E-state index contributed by atoms with van der Waals surface area (Å²) >= 11 is 11.9. The van der Waals surface area contributed by atoms with Gasteiger partial charge in [-0.3, -0.25) is 34.3 Å². The molecular formula is C41H41ClF5N7O5S. The van der Waals surface area contributed by atoms with Crippen LogP contribution in [0.1, 0.15) is 69.6 Å². The highest BCUT2D eigenvalue weighted by Gasteiger charge is 2.51. The number of hydrogen-bond donors (Lipinski definition) is 3. The molecule has 0 aromatic heterocycles. The number of hydrogen-bond acceptors (Lipinski definition) is 9. The van der Waals surface area contributed by atoms with Crippen LogP contribution in [0.5, 0.6) is 5.75 Å². The molecule has 3 aliphatic rings. The van der Waals surface area contributed by atoms with Gasteiger partial charge in [0.1, 0.15) is 17.3 Å². The highest BCUT2D eigenvalue weighted by molar-refractivity contribution is 7.81. The minimum absolute atomic E-state index is 0.0788. The number of amides is 4. The summed E-state index contributed by atoms with van der Waals surface area (Å²) in [5.41, 5.74) is -3.01. The van der Waals surface area contributed by atoms with Crippen LogP contribution in [-0.2, 0) is 31.3 Å². The van der Waals surface area contributed by atoms with E-state index in [4.69, 9.17) is 28.6 Å². The van der Waals surface area contributed by atoms with Crippen LogP contribution in [0.25, 0.3) is 0 Å².